The third-order valence-corrected chi connectivity index (χ3v) is 4.52. The number of nitrogens with two attached hydrogens (primary N) is 1. The monoisotopic (exact) mass is 266 g/mol. The maximum Gasteiger partial charge on any atom is 0.0488 e. The van der Waals surface area contributed by atoms with Crippen molar-refractivity contribution in [3.63, 3.8) is 0 Å². The number of nitrogens with one attached hydrogen (secondary N) is 1. The van der Waals surface area contributed by atoms with Crippen molar-refractivity contribution in [3.05, 3.63) is 34.9 Å². The van der Waals surface area contributed by atoms with Crippen LogP contribution in [0.1, 0.15) is 51.1 Å². The van der Waals surface area contributed by atoms with Gasteiger partial charge in [-0.25, -0.2) is 0 Å². The normalized spacial score (nSPS) is 21.8. The van der Waals surface area contributed by atoms with E-state index in [0.717, 1.165) is 5.02 Å². The van der Waals surface area contributed by atoms with Gasteiger partial charge in [-0.15, -0.1) is 0 Å². The quantitative estimate of drug-likeness (QED) is 0.640. The van der Waals surface area contributed by atoms with Gasteiger partial charge in [-0.1, -0.05) is 37.6 Å². The van der Waals surface area contributed by atoms with E-state index in [-0.39, 0.29) is 6.04 Å². The van der Waals surface area contributed by atoms with Gasteiger partial charge in [0.1, 0.15) is 0 Å². The molecule has 0 aliphatic heterocycles. The van der Waals surface area contributed by atoms with Gasteiger partial charge in [-0.3, -0.25) is 11.3 Å². The van der Waals surface area contributed by atoms with E-state index < -0.39 is 0 Å². The first-order valence-electron chi connectivity index (χ1n) is 6.73. The van der Waals surface area contributed by atoms with Crippen LogP contribution < -0.4 is 11.3 Å². The molecule has 2 rings (SSSR count). The zero-order chi connectivity index (χ0) is 13.2. The van der Waals surface area contributed by atoms with Crippen molar-refractivity contribution in [3.8, 4) is 0 Å². The summed E-state index contributed by atoms with van der Waals surface area (Å²) in [5, 5.41) is 0.777. The molecular weight excluding hydrogens is 244 g/mol. The fourth-order valence-corrected chi connectivity index (χ4v) is 3.06. The van der Waals surface area contributed by atoms with Gasteiger partial charge in [-0.05, 0) is 54.7 Å². The molecule has 1 unspecified atom stereocenters. The Hall–Kier alpha value is -0.570. The molecule has 0 bridgehead atoms. The Bertz CT molecular complexity index is 376. The van der Waals surface area contributed by atoms with E-state index in [1.807, 2.05) is 12.1 Å². The molecule has 0 spiro atoms. The molecule has 18 heavy (non-hydrogen) atoms. The summed E-state index contributed by atoms with van der Waals surface area (Å²) in [6.07, 6.45) is 5.04. The van der Waals surface area contributed by atoms with Crippen molar-refractivity contribution in [1.29, 1.82) is 0 Å². The Kier molecular flexibility index (Phi) is 4.31. The smallest absolute Gasteiger partial charge is 0.0488 e. The zero-order valence-electron chi connectivity index (χ0n) is 11.2. The van der Waals surface area contributed by atoms with E-state index >= 15 is 0 Å². The second-order valence-electron chi connectivity index (χ2n) is 6.20. The van der Waals surface area contributed by atoms with Crippen LogP contribution in [0.5, 0.6) is 0 Å². The largest absolute Gasteiger partial charge is 0.271 e. The molecule has 0 radical (unpaired) electrons. The molecule has 0 aromatic heterocycles. The molecule has 1 aliphatic rings. The van der Waals surface area contributed by atoms with Crippen molar-refractivity contribution in [2.24, 2.45) is 17.2 Å². The third kappa shape index (κ3) is 3.25. The zero-order valence-corrected chi connectivity index (χ0v) is 12.0. The van der Waals surface area contributed by atoms with Crippen molar-refractivity contribution in [1.82, 2.24) is 5.43 Å². The number of hydrogen-bond donors (Lipinski definition) is 2. The number of halogens is 1. The average molecular weight is 267 g/mol. The highest BCUT2D eigenvalue weighted by molar-refractivity contribution is 6.30. The Morgan fingerprint density at radius 2 is 1.78 bits per heavy atom. The lowest BCUT2D eigenvalue weighted by Crippen LogP contribution is -2.36. The molecule has 100 valence electrons. The Morgan fingerprint density at radius 1 is 1.22 bits per heavy atom. The van der Waals surface area contributed by atoms with Crippen LogP contribution >= 0.6 is 11.6 Å². The van der Waals surface area contributed by atoms with Crippen LogP contribution in [-0.4, -0.2) is 0 Å². The van der Waals surface area contributed by atoms with E-state index in [1.165, 1.54) is 31.2 Å². The molecule has 0 amide bonds. The minimum atomic E-state index is 0.248. The highest BCUT2D eigenvalue weighted by atomic mass is 35.5. The highest BCUT2D eigenvalue weighted by Gasteiger charge is 2.31. The van der Waals surface area contributed by atoms with Gasteiger partial charge in [0.15, 0.2) is 0 Å². The summed E-state index contributed by atoms with van der Waals surface area (Å²) in [4.78, 5) is 0. The molecule has 1 aromatic rings. The van der Waals surface area contributed by atoms with Gasteiger partial charge in [-0.2, -0.15) is 0 Å². The van der Waals surface area contributed by atoms with Crippen LogP contribution in [-0.2, 0) is 0 Å². The molecular formula is C15H23ClN2. The minimum Gasteiger partial charge on any atom is -0.271 e. The molecule has 0 saturated heterocycles. The SMILES string of the molecule is CC1(C)CCC(C(NN)c2ccc(Cl)cc2)CC1. The van der Waals surface area contributed by atoms with Crippen LogP contribution in [0, 0.1) is 11.3 Å². The topological polar surface area (TPSA) is 38.0 Å². The molecule has 3 heteroatoms. The van der Waals surface area contributed by atoms with Gasteiger partial charge in [0, 0.05) is 11.1 Å². The number of rotatable bonds is 3. The Morgan fingerprint density at radius 3 is 2.28 bits per heavy atom. The summed E-state index contributed by atoms with van der Waals surface area (Å²) in [6.45, 7) is 4.72. The van der Waals surface area contributed by atoms with Crippen LogP contribution in [0.15, 0.2) is 24.3 Å². The predicted molar refractivity (Wildman–Crippen MR) is 77.3 cm³/mol. The molecule has 1 atom stereocenters. The standard InChI is InChI=1S/C15H23ClN2/c1-15(2)9-7-12(8-10-15)14(18-17)11-3-5-13(16)6-4-11/h3-6,12,14,18H,7-10,17H2,1-2H3. The van der Waals surface area contributed by atoms with E-state index in [1.54, 1.807) is 0 Å². The van der Waals surface area contributed by atoms with Crippen LogP contribution in [0.25, 0.3) is 0 Å². The molecule has 1 fully saturated rings. The number of benzene rings is 1. The summed E-state index contributed by atoms with van der Waals surface area (Å²) < 4.78 is 0. The highest BCUT2D eigenvalue weighted by Crippen LogP contribution is 2.42. The summed E-state index contributed by atoms with van der Waals surface area (Å²) in [6, 6.07) is 8.28. The van der Waals surface area contributed by atoms with Gasteiger partial charge < -0.3 is 0 Å². The molecule has 2 nitrogen and oxygen atoms in total. The summed E-state index contributed by atoms with van der Waals surface area (Å²) in [5.74, 6) is 6.39. The van der Waals surface area contributed by atoms with Crippen molar-refractivity contribution in [2.45, 2.75) is 45.6 Å². The fourth-order valence-electron chi connectivity index (χ4n) is 2.93. The minimum absolute atomic E-state index is 0.248. The van der Waals surface area contributed by atoms with Crippen LogP contribution in [0.3, 0.4) is 0 Å². The number of hydrogen-bond acceptors (Lipinski definition) is 2. The van der Waals surface area contributed by atoms with Gasteiger partial charge in [0.25, 0.3) is 0 Å². The molecule has 1 aromatic carbocycles. The van der Waals surface area contributed by atoms with Crippen molar-refractivity contribution in [2.75, 3.05) is 0 Å². The Balaban J connectivity index is 2.08. The molecule has 0 heterocycles. The van der Waals surface area contributed by atoms with Crippen LogP contribution in [0.2, 0.25) is 5.02 Å². The van der Waals surface area contributed by atoms with E-state index in [2.05, 4.69) is 31.4 Å². The van der Waals surface area contributed by atoms with Crippen molar-refractivity contribution >= 4 is 11.6 Å². The van der Waals surface area contributed by atoms with Crippen molar-refractivity contribution < 1.29 is 0 Å². The lowest BCUT2D eigenvalue weighted by molar-refractivity contribution is 0.161. The maximum atomic E-state index is 5.93. The van der Waals surface area contributed by atoms with Crippen LogP contribution in [0.4, 0.5) is 0 Å². The van der Waals surface area contributed by atoms with Gasteiger partial charge >= 0.3 is 0 Å². The maximum absolute atomic E-state index is 5.93. The molecule has 1 aliphatic carbocycles. The van der Waals surface area contributed by atoms with E-state index in [4.69, 9.17) is 17.4 Å². The van der Waals surface area contributed by atoms with Gasteiger partial charge in [0.2, 0.25) is 0 Å². The number of hydrazine groups is 1. The second kappa shape index (κ2) is 5.60. The molecule has 1 saturated carbocycles. The van der Waals surface area contributed by atoms with Gasteiger partial charge in [0.05, 0.1) is 0 Å². The lowest BCUT2D eigenvalue weighted by Gasteiger charge is -2.38. The first-order valence-corrected chi connectivity index (χ1v) is 7.11. The first kappa shape index (κ1) is 13.9. The fraction of sp³-hybridized carbons (Fsp3) is 0.600. The third-order valence-electron chi connectivity index (χ3n) is 4.26. The van der Waals surface area contributed by atoms with E-state index in [0.29, 0.717) is 11.3 Å². The summed E-state index contributed by atoms with van der Waals surface area (Å²) in [5.41, 5.74) is 4.73. The Labute approximate surface area is 115 Å². The average Bonchev–Trinajstić information content (AvgIpc) is 2.34. The molecule has 3 N–H and O–H groups in total. The predicted octanol–water partition coefficient (Wildman–Crippen LogP) is 4.06. The van der Waals surface area contributed by atoms with E-state index in [9.17, 15) is 0 Å². The summed E-state index contributed by atoms with van der Waals surface area (Å²) >= 11 is 5.93. The lowest BCUT2D eigenvalue weighted by atomic mass is 9.70. The summed E-state index contributed by atoms with van der Waals surface area (Å²) in [7, 11) is 0. The first-order chi connectivity index (χ1) is 8.52. The second-order valence-corrected chi connectivity index (χ2v) is 6.63.